The van der Waals surface area contributed by atoms with Gasteiger partial charge in [0, 0.05) is 36.6 Å². The highest BCUT2D eigenvalue weighted by molar-refractivity contribution is 7.22. The third-order valence-corrected chi connectivity index (χ3v) is 6.48. The summed E-state index contributed by atoms with van der Waals surface area (Å²) in [5, 5.41) is 1.26. The molecular weight excluding hydrogens is 380 g/mol. The van der Waals surface area contributed by atoms with Gasteiger partial charge in [-0.1, -0.05) is 18.2 Å². The van der Waals surface area contributed by atoms with Crippen molar-refractivity contribution >= 4 is 32.9 Å². The second-order valence-electron chi connectivity index (χ2n) is 7.08. The van der Waals surface area contributed by atoms with Crippen LogP contribution in [0.15, 0.2) is 67.0 Å². The quantitative estimate of drug-likeness (QED) is 0.495. The number of piperazine rings is 1. The average molecular weight is 403 g/mol. The van der Waals surface area contributed by atoms with Crippen LogP contribution >= 0.6 is 11.3 Å². The van der Waals surface area contributed by atoms with Crippen LogP contribution in [-0.2, 0) is 0 Å². The maximum absolute atomic E-state index is 5.26. The summed E-state index contributed by atoms with van der Waals surface area (Å²) in [6.45, 7) is 3.77. The molecule has 0 saturated carbocycles. The van der Waals surface area contributed by atoms with Gasteiger partial charge < -0.3 is 14.5 Å². The van der Waals surface area contributed by atoms with Crippen molar-refractivity contribution in [2.75, 3.05) is 43.1 Å². The van der Waals surface area contributed by atoms with Gasteiger partial charge in [-0.3, -0.25) is 4.98 Å². The molecule has 5 rings (SSSR count). The fourth-order valence-electron chi connectivity index (χ4n) is 3.72. The van der Waals surface area contributed by atoms with Crippen LogP contribution in [0.5, 0.6) is 5.75 Å². The van der Waals surface area contributed by atoms with Gasteiger partial charge in [0.25, 0.3) is 0 Å². The van der Waals surface area contributed by atoms with Crippen molar-refractivity contribution in [1.29, 1.82) is 0 Å². The number of aromatic nitrogens is 2. The molecule has 0 atom stereocenters. The Kier molecular flexibility index (Phi) is 4.77. The van der Waals surface area contributed by atoms with Crippen LogP contribution in [0.2, 0.25) is 0 Å². The minimum absolute atomic E-state index is 0.890. The van der Waals surface area contributed by atoms with Gasteiger partial charge >= 0.3 is 0 Å². The number of hydrogen-bond acceptors (Lipinski definition) is 6. The highest BCUT2D eigenvalue weighted by atomic mass is 32.1. The summed E-state index contributed by atoms with van der Waals surface area (Å²) in [6.07, 6.45) is 3.74. The molecule has 3 heterocycles. The zero-order valence-corrected chi connectivity index (χ0v) is 17.1. The monoisotopic (exact) mass is 402 g/mol. The first kappa shape index (κ1) is 17.9. The highest BCUT2D eigenvalue weighted by Crippen LogP contribution is 2.33. The molecule has 2 aromatic heterocycles. The number of nitrogens with zero attached hydrogens (tertiary/aromatic N) is 4. The summed E-state index contributed by atoms with van der Waals surface area (Å²) < 4.78 is 6.54. The molecule has 1 saturated heterocycles. The van der Waals surface area contributed by atoms with E-state index in [0.29, 0.717) is 0 Å². The molecule has 1 aliphatic heterocycles. The predicted molar refractivity (Wildman–Crippen MR) is 120 cm³/mol. The first-order chi connectivity index (χ1) is 14.3. The number of hydrogen-bond donors (Lipinski definition) is 0. The van der Waals surface area contributed by atoms with E-state index >= 15 is 0 Å². The summed E-state index contributed by atoms with van der Waals surface area (Å²) >= 11 is 1.77. The first-order valence-corrected chi connectivity index (χ1v) is 10.6. The lowest BCUT2D eigenvalue weighted by Crippen LogP contribution is -2.46. The molecule has 2 aromatic carbocycles. The molecule has 6 heteroatoms. The Labute approximate surface area is 174 Å². The zero-order valence-electron chi connectivity index (χ0n) is 16.3. The average Bonchev–Trinajstić information content (AvgIpc) is 3.24. The molecule has 1 aliphatic rings. The van der Waals surface area contributed by atoms with Crippen molar-refractivity contribution in [2.24, 2.45) is 0 Å². The van der Waals surface area contributed by atoms with E-state index in [2.05, 4.69) is 57.2 Å². The zero-order chi connectivity index (χ0) is 19.6. The molecule has 1 fully saturated rings. The highest BCUT2D eigenvalue weighted by Gasteiger charge is 2.19. The van der Waals surface area contributed by atoms with Crippen molar-refractivity contribution in [3.8, 4) is 16.3 Å². The maximum atomic E-state index is 5.26. The van der Waals surface area contributed by atoms with Gasteiger partial charge in [0.1, 0.15) is 17.3 Å². The number of thiophene rings is 1. The van der Waals surface area contributed by atoms with Crippen molar-refractivity contribution < 1.29 is 4.74 Å². The van der Waals surface area contributed by atoms with E-state index in [1.54, 1.807) is 18.4 Å². The Hall–Kier alpha value is -3.12. The number of methoxy groups -OCH3 is 1. The smallest absolute Gasteiger partial charge is 0.147 e. The third kappa shape index (κ3) is 3.63. The molecular formula is C23H22N4OS. The van der Waals surface area contributed by atoms with Crippen molar-refractivity contribution in [2.45, 2.75) is 0 Å². The van der Waals surface area contributed by atoms with Crippen LogP contribution < -0.4 is 14.5 Å². The van der Waals surface area contributed by atoms with E-state index in [1.165, 1.54) is 15.8 Å². The lowest BCUT2D eigenvalue weighted by Gasteiger charge is -2.36. The standard InChI is InChI=1S/C23H22N4OS/c1-28-19-8-6-18(7-9-19)26-10-12-27(13-11-26)23-16-24-15-20(25-23)22-14-17-4-2-3-5-21(17)29-22/h2-9,14-16H,10-13H2,1H3. The lowest BCUT2D eigenvalue weighted by molar-refractivity contribution is 0.415. The van der Waals surface area contributed by atoms with Crippen LogP contribution in [0.25, 0.3) is 20.7 Å². The normalized spacial score (nSPS) is 14.4. The van der Waals surface area contributed by atoms with Gasteiger partial charge in [-0.25, -0.2) is 4.98 Å². The second-order valence-corrected chi connectivity index (χ2v) is 8.17. The summed E-state index contributed by atoms with van der Waals surface area (Å²) in [5.41, 5.74) is 2.18. The van der Waals surface area contributed by atoms with Crippen LogP contribution in [0.3, 0.4) is 0 Å². The molecule has 29 heavy (non-hydrogen) atoms. The Morgan fingerprint density at radius 2 is 1.66 bits per heavy atom. The SMILES string of the molecule is COc1ccc(N2CCN(c3cncc(-c4cc5ccccc5s4)n3)CC2)cc1. The molecule has 146 valence electrons. The van der Waals surface area contributed by atoms with Crippen LogP contribution in [0, 0.1) is 0 Å². The molecule has 0 bridgehead atoms. The molecule has 0 N–H and O–H groups in total. The minimum Gasteiger partial charge on any atom is -0.497 e. The van der Waals surface area contributed by atoms with Gasteiger partial charge in [-0.2, -0.15) is 0 Å². The lowest BCUT2D eigenvalue weighted by atomic mass is 10.2. The van der Waals surface area contributed by atoms with E-state index in [1.807, 2.05) is 24.5 Å². The summed E-state index contributed by atoms with van der Waals surface area (Å²) in [6, 6.07) is 18.9. The molecule has 0 radical (unpaired) electrons. The largest absolute Gasteiger partial charge is 0.497 e. The first-order valence-electron chi connectivity index (χ1n) is 9.75. The Bertz CT molecular complexity index is 1080. The van der Waals surface area contributed by atoms with Crippen molar-refractivity contribution in [3.63, 3.8) is 0 Å². The predicted octanol–water partition coefficient (Wildman–Crippen LogP) is 4.69. The van der Waals surface area contributed by atoms with Gasteiger partial charge in [0.05, 0.1) is 24.4 Å². The molecule has 0 amide bonds. The van der Waals surface area contributed by atoms with Crippen molar-refractivity contribution in [3.05, 3.63) is 67.0 Å². The fourth-order valence-corrected chi connectivity index (χ4v) is 4.74. The van der Waals surface area contributed by atoms with Gasteiger partial charge in [-0.15, -0.1) is 11.3 Å². The van der Waals surface area contributed by atoms with E-state index in [0.717, 1.165) is 48.3 Å². The second kappa shape index (κ2) is 7.72. The Morgan fingerprint density at radius 1 is 0.897 bits per heavy atom. The van der Waals surface area contributed by atoms with Crippen molar-refractivity contribution in [1.82, 2.24) is 9.97 Å². The van der Waals surface area contributed by atoms with Crippen LogP contribution in [0.4, 0.5) is 11.5 Å². The third-order valence-electron chi connectivity index (χ3n) is 5.34. The molecule has 0 unspecified atom stereocenters. The van der Waals surface area contributed by atoms with Gasteiger partial charge in [-0.05, 0) is 41.8 Å². The topological polar surface area (TPSA) is 41.5 Å². The van der Waals surface area contributed by atoms with Crippen LogP contribution in [-0.4, -0.2) is 43.3 Å². The van der Waals surface area contributed by atoms with E-state index in [-0.39, 0.29) is 0 Å². The summed E-state index contributed by atoms with van der Waals surface area (Å²) in [4.78, 5) is 15.3. The number of benzene rings is 2. The maximum Gasteiger partial charge on any atom is 0.147 e. The molecule has 0 aliphatic carbocycles. The Balaban J connectivity index is 1.31. The van der Waals surface area contributed by atoms with Gasteiger partial charge in [0.2, 0.25) is 0 Å². The fraction of sp³-hybridized carbons (Fsp3) is 0.217. The number of ether oxygens (including phenoxy) is 1. The van der Waals surface area contributed by atoms with Crippen LogP contribution in [0.1, 0.15) is 0 Å². The van der Waals surface area contributed by atoms with Gasteiger partial charge in [0.15, 0.2) is 0 Å². The van der Waals surface area contributed by atoms with E-state index < -0.39 is 0 Å². The molecule has 4 aromatic rings. The summed E-state index contributed by atoms with van der Waals surface area (Å²) in [7, 11) is 1.70. The number of anilines is 2. The van der Waals surface area contributed by atoms with E-state index in [9.17, 15) is 0 Å². The molecule has 0 spiro atoms. The minimum atomic E-state index is 0.890. The van der Waals surface area contributed by atoms with E-state index in [4.69, 9.17) is 9.72 Å². The number of rotatable bonds is 4. The summed E-state index contributed by atoms with van der Waals surface area (Å²) in [5.74, 6) is 1.84. The number of fused-ring (bicyclic) bond motifs is 1. The molecule has 5 nitrogen and oxygen atoms in total. The Morgan fingerprint density at radius 3 is 2.41 bits per heavy atom.